The number of rotatable bonds is 3. The van der Waals surface area contributed by atoms with E-state index in [9.17, 15) is 4.79 Å². The number of hydrogen-bond acceptors (Lipinski definition) is 3. The van der Waals surface area contributed by atoms with Crippen LogP contribution in [0.4, 0.5) is 0 Å². The molecule has 1 saturated heterocycles. The van der Waals surface area contributed by atoms with Gasteiger partial charge in [-0.1, -0.05) is 6.92 Å². The molecule has 0 spiro atoms. The molecule has 1 heterocycles. The molecule has 2 N–H and O–H groups in total. The second-order valence-corrected chi connectivity index (χ2v) is 4.30. The Morgan fingerprint density at radius 1 is 1.57 bits per heavy atom. The standard InChI is InChI=1S/C10H20N2O2/c1-7(2)14-6-10(13)12-4-8(3)9(11)5-12/h7-9H,4-6,11H2,1-3H3. The van der Waals surface area contributed by atoms with Crippen molar-refractivity contribution in [3.63, 3.8) is 0 Å². The lowest BCUT2D eigenvalue weighted by Crippen LogP contribution is -2.35. The summed E-state index contributed by atoms with van der Waals surface area (Å²) in [5, 5.41) is 0. The number of amides is 1. The summed E-state index contributed by atoms with van der Waals surface area (Å²) in [6.07, 6.45) is 0.104. The Hall–Kier alpha value is -0.610. The van der Waals surface area contributed by atoms with E-state index in [1.807, 2.05) is 13.8 Å². The molecular formula is C10H20N2O2. The molecule has 1 aliphatic heterocycles. The molecule has 82 valence electrons. The summed E-state index contributed by atoms with van der Waals surface area (Å²) in [7, 11) is 0. The third kappa shape index (κ3) is 2.96. The molecule has 4 nitrogen and oxygen atoms in total. The van der Waals surface area contributed by atoms with E-state index in [1.54, 1.807) is 4.90 Å². The van der Waals surface area contributed by atoms with Crippen molar-refractivity contribution in [2.45, 2.75) is 32.9 Å². The number of hydrogen-bond donors (Lipinski definition) is 1. The van der Waals surface area contributed by atoms with Crippen LogP contribution in [0.2, 0.25) is 0 Å². The van der Waals surface area contributed by atoms with Crippen molar-refractivity contribution in [1.82, 2.24) is 4.90 Å². The lowest BCUT2D eigenvalue weighted by molar-refractivity contribution is -0.136. The van der Waals surface area contributed by atoms with Crippen molar-refractivity contribution in [3.05, 3.63) is 0 Å². The van der Waals surface area contributed by atoms with Gasteiger partial charge >= 0.3 is 0 Å². The van der Waals surface area contributed by atoms with Crippen LogP contribution >= 0.6 is 0 Å². The second-order valence-electron chi connectivity index (χ2n) is 4.30. The van der Waals surface area contributed by atoms with Gasteiger partial charge < -0.3 is 15.4 Å². The quantitative estimate of drug-likeness (QED) is 0.709. The summed E-state index contributed by atoms with van der Waals surface area (Å²) in [6, 6.07) is 0.123. The van der Waals surface area contributed by atoms with Crippen molar-refractivity contribution in [2.75, 3.05) is 19.7 Å². The Balaban J connectivity index is 2.32. The fraction of sp³-hybridized carbons (Fsp3) is 0.900. The summed E-state index contributed by atoms with van der Waals surface area (Å²) in [5.41, 5.74) is 5.83. The highest BCUT2D eigenvalue weighted by atomic mass is 16.5. The summed E-state index contributed by atoms with van der Waals surface area (Å²) >= 11 is 0. The molecule has 0 aromatic heterocycles. The van der Waals surface area contributed by atoms with Gasteiger partial charge in [0.1, 0.15) is 6.61 Å². The topological polar surface area (TPSA) is 55.6 Å². The van der Waals surface area contributed by atoms with Crippen molar-refractivity contribution >= 4 is 5.91 Å². The molecule has 1 amide bonds. The van der Waals surface area contributed by atoms with Crippen LogP contribution in [0.5, 0.6) is 0 Å². The van der Waals surface area contributed by atoms with Gasteiger partial charge in [0.05, 0.1) is 6.10 Å². The van der Waals surface area contributed by atoms with Gasteiger partial charge in [-0.05, 0) is 19.8 Å². The molecule has 1 rings (SSSR count). The third-order valence-corrected chi connectivity index (χ3v) is 2.56. The van der Waals surface area contributed by atoms with Crippen LogP contribution in [0, 0.1) is 5.92 Å². The van der Waals surface area contributed by atoms with Crippen LogP contribution in [0.15, 0.2) is 0 Å². The maximum atomic E-state index is 11.6. The molecule has 1 aliphatic rings. The monoisotopic (exact) mass is 200 g/mol. The number of carbonyl (C=O) groups is 1. The first-order valence-electron chi connectivity index (χ1n) is 5.15. The van der Waals surface area contributed by atoms with E-state index in [2.05, 4.69) is 6.92 Å². The van der Waals surface area contributed by atoms with E-state index in [0.717, 1.165) is 6.54 Å². The Labute approximate surface area is 85.4 Å². The van der Waals surface area contributed by atoms with Crippen LogP contribution in [0.1, 0.15) is 20.8 Å². The predicted octanol–water partition coefficient (Wildman–Crippen LogP) is 0.217. The number of ether oxygens (including phenoxy) is 1. The predicted molar refractivity (Wildman–Crippen MR) is 54.8 cm³/mol. The number of likely N-dealkylation sites (tertiary alicyclic amines) is 1. The molecule has 0 saturated carbocycles. The van der Waals surface area contributed by atoms with Crippen LogP contribution in [0.25, 0.3) is 0 Å². The van der Waals surface area contributed by atoms with Crippen LogP contribution in [0.3, 0.4) is 0 Å². The second kappa shape index (κ2) is 4.75. The molecule has 2 atom stereocenters. The van der Waals surface area contributed by atoms with Crippen LogP contribution in [-0.4, -0.2) is 42.6 Å². The first-order valence-corrected chi connectivity index (χ1v) is 5.15. The zero-order valence-electron chi connectivity index (χ0n) is 9.19. The molecule has 2 unspecified atom stereocenters. The number of nitrogens with two attached hydrogens (primary N) is 1. The number of nitrogens with zero attached hydrogens (tertiary/aromatic N) is 1. The summed E-state index contributed by atoms with van der Waals surface area (Å²) in [6.45, 7) is 7.53. The molecule has 14 heavy (non-hydrogen) atoms. The Bertz CT molecular complexity index is 196. The first-order chi connectivity index (χ1) is 6.50. The summed E-state index contributed by atoms with van der Waals surface area (Å²) in [5.74, 6) is 0.455. The van der Waals surface area contributed by atoms with Crippen LogP contribution < -0.4 is 5.73 Å². The maximum absolute atomic E-state index is 11.6. The normalized spacial score (nSPS) is 27.4. The highest BCUT2D eigenvalue weighted by molar-refractivity contribution is 5.77. The molecule has 0 aromatic carbocycles. The molecule has 0 aromatic rings. The van der Waals surface area contributed by atoms with E-state index < -0.39 is 0 Å². The van der Waals surface area contributed by atoms with E-state index >= 15 is 0 Å². The Kier molecular flexibility index (Phi) is 3.89. The SMILES string of the molecule is CC(C)OCC(=O)N1CC(C)C(N)C1. The molecule has 1 fully saturated rings. The van der Waals surface area contributed by atoms with Crippen LogP contribution in [-0.2, 0) is 9.53 Å². The van der Waals surface area contributed by atoms with E-state index in [4.69, 9.17) is 10.5 Å². The highest BCUT2D eigenvalue weighted by Crippen LogP contribution is 2.14. The Morgan fingerprint density at radius 2 is 2.21 bits per heavy atom. The van der Waals surface area contributed by atoms with E-state index in [-0.39, 0.29) is 24.7 Å². The van der Waals surface area contributed by atoms with Gasteiger partial charge in [0.2, 0.25) is 5.91 Å². The average Bonchev–Trinajstić information content (AvgIpc) is 2.43. The van der Waals surface area contributed by atoms with Gasteiger partial charge in [-0.2, -0.15) is 0 Å². The third-order valence-electron chi connectivity index (χ3n) is 2.56. The van der Waals surface area contributed by atoms with Gasteiger partial charge in [-0.15, -0.1) is 0 Å². The zero-order valence-corrected chi connectivity index (χ0v) is 9.19. The largest absolute Gasteiger partial charge is 0.369 e. The lowest BCUT2D eigenvalue weighted by atomic mass is 10.1. The number of carbonyl (C=O) groups excluding carboxylic acids is 1. The molecule has 0 aliphatic carbocycles. The minimum absolute atomic E-state index is 0.0542. The van der Waals surface area contributed by atoms with E-state index in [0.29, 0.717) is 12.5 Å². The molecule has 0 radical (unpaired) electrons. The highest BCUT2D eigenvalue weighted by Gasteiger charge is 2.29. The maximum Gasteiger partial charge on any atom is 0.248 e. The van der Waals surface area contributed by atoms with Crippen molar-refractivity contribution < 1.29 is 9.53 Å². The van der Waals surface area contributed by atoms with Crippen molar-refractivity contribution in [2.24, 2.45) is 11.7 Å². The zero-order chi connectivity index (χ0) is 10.7. The lowest BCUT2D eigenvalue weighted by Gasteiger charge is -2.16. The van der Waals surface area contributed by atoms with Gasteiger partial charge in [-0.3, -0.25) is 4.79 Å². The smallest absolute Gasteiger partial charge is 0.248 e. The summed E-state index contributed by atoms with van der Waals surface area (Å²) in [4.78, 5) is 13.4. The summed E-state index contributed by atoms with van der Waals surface area (Å²) < 4.78 is 5.25. The van der Waals surface area contributed by atoms with Gasteiger partial charge in [-0.25, -0.2) is 0 Å². The molecular weight excluding hydrogens is 180 g/mol. The molecule has 0 bridgehead atoms. The van der Waals surface area contributed by atoms with E-state index in [1.165, 1.54) is 0 Å². The fourth-order valence-corrected chi connectivity index (χ4v) is 1.52. The van der Waals surface area contributed by atoms with Crippen molar-refractivity contribution in [1.29, 1.82) is 0 Å². The minimum Gasteiger partial charge on any atom is -0.369 e. The molecule has 4 heteroatoms. The average molecular weight is 200 g/mol. The minimum atomic E-state index is 0.0542. The van der Waals surface area contributed by atoms with Gasteiger partial charge in [0.15, 0.2) is 0 Å². The van der Waals surface area contributed by atoms with Gasteiger partial charge in [0.25, 0.3) is 0 Å². The first kappa shape index (κ1) is 11.5. The fourth-order valence-electron chi connectivity index (χ4n) is 1.52. The van der Waals surface area contributed by atoms with Crippen molar-refractivity contribution in [3.8, 4) is 0 Å². The Morgan fingerprint density at radius 3 is 2.64 bits per heavy atom. The van der Waals surface area contributed by atoms with Gasteiger partial charge in [0, 0.05) is 19.1 Å².